The Bertz CT molecular complexity index is 598. The van der Waals surface area contributed by atoms with Gasteiger partial charge in [-0.3, -0.25) is 4.79 Å². The maximum absolute atomic E-state index is 11.8. The Morgan fingerprint density at radius 2 is 1.62 bits per heavy atom. The number of rotatable bonds is 7. The van der Waals surface area contributed by atoms with Gasteiger partial charge in [-0.05, 0) is 72.1 Å². The van der Waals surface area contributed by atoms with E-state index in [1.165, 1.54) is 0 Å². The Kier molecular flexibility index (Phi) is 7.48. The van der Waals surface area contributed by atoms with E-state index in [4.69, 9.17) is 15.2 Å². The minimum Gasteiger partial charge on any atom is -0.488 e. The van der Waals surface area contributed by atoms with Crippen LogP contribution < -0.4 is 15.8 Å². The molecule has 0 radical (unpaired) electrons. The predicted octanol–water partition coefficient (Wildman–Crippen LogP) is 3.74. The van der Waals surface area contributed by atoms with Crippen LogP contribution in [0.2, 0.25) is 0 Å². The highest BCUT2D eigenvalue weighted by Crippen LogP contribution is 2.25. The monoisotopic (exact) mass is 364 g/mol. The predicted molar refractivity (Wildman–Crippen MR) is 102 cm³/mol. The van der Waals surface area contributed by atoms with Crippen molar-refractivity contribution in [2.75, 3.05) is 6.54 Å². The summed E-state index contributed by atoms with van der Waals surface area (Å²) in [5.41, 5.74) is 5.58. The van der Waals surface area contributed by atoms with E-state index < -0.39 is 17.6 Å². The number of amides is 2. The molecule has 0 aromatic heterocycles. The van der Waals surface area contributed by atoms with Gasteiger partial charge in [-0.1, -0.05) is 12.1 Å². The number of carbonyl (C=O) groups is 2. The third-order valence-corrected chi connectivity index (χ3v) is 3.39. The number of hydrogen-bond donors (Lipinski definition) is 2. The summed E-state index contributed by atoms with van der Waals surface area (Å²) in [6, 6.07) is 7.40. The summed E-state index contributed by atoms with van der Waals surface area (Å²) in [5.74, 6) is -0.0399. The average Bonchev–Trinajstić information content (AvgIpc) is 2.44. The van der Waals surface area contributed by atoms with E-state index in [1.54, 1.807) is 0 Å². The van der Waals surface area contributed by atoms with Gasteiger partial charge in [-0.25, -0.2) is 4.79 Å². The highest BCUT2D eigenvalue weighted by Gasteiger charge is 2.19. The SMILES string of the molecule is CC(C)(C)OC(=O)NCCC[C@@H](C(N)=O)c1ccc(OC(C)(C)C)cc1. The fourth-order valence-corrected chi connectivity index (χ4v) is 2.41. The number of nitrogens with two attached hydrogens (primary N) is 1. The highest BCUT2D eigenvalue weighted by molar-refractivity contribution is 5.81. The molecule has 6 heteroatoms. The molecule has 1 rings (SSSR count). The first kappa shape index (κ1) is 21.8. The van der Waals surface area contributed by atoms with Crippen molar-refractivity contribution in [1.82, 2.24) is 5.32 Å². The summed E-state index contributed by atoms with van der Waals surface area (Å²) in [7, 11) is 0. The Morgan fingerprint density at radius 3 is 2.08 bits per heavy atom. The fraction of sp³-hybridized carbons (Fsp3) is 0.600. The summed E-state index contributed by atoms with van der Waals surface area (Å²) in [6.07, 6.45) is 0.703. The van der Waals surface area contributed by atoms with Gasteiger partial charge in [0.05, 0.1) is 5.92 Å². The van der Waals surface area contributed by atoms with Crippen molar-refractivity contribution in [3.05, 3.63) is 29.8 Å². The summed E-state index contributed by atoms with van der Waals surface area (Å²) in [5, 5.41) is 2.69. The number of nitrogens with one attached hydrogen (secondary N) is 1. The van der Waals surface area contributed by atoms with E-state index in [-0.39, 0.29) is 11.5 Å². The molecule has 1 aromatic carbocycles. The second-order valence-electron chi connectivity index (χ2n) is 8.31. The van der Waals surface area contributed by atoms with Crippen molar-refractivity contribution >= 4 is 12.0 Å². The van der Waals surface area contributed by atoms with Crippen molar-refractivity contribution < 1.29 is 19.1 Å². The molecule has 0 saturated carbocycles. The quantitative estimate of drug-likeness (QED) is 0.721. The minimum atomic E-state index is -0.531. The molecule has 0 unspecified atom stereocenters. The van der Waals surface area contributed by atoms with Crippen molar-refractivity contribution in [1.29, 1.82) is 0 Å². The van der Waals surface area contributed by atoms with Crippen LogP contribution in [0.3, 0.4) is 0 Å². The number of ether oxygens (including phenoxy) is 2. The molecular weight excluding hydrogens is 332 g/mol. The van der Waals surface area contributed by atoms with Crippen LogP contribution in [0.4, 0.5) is 4.79 Å². The lowest BCUT2D eigenvalue weighted by Gasteiger charge is -2.22. The van der Waals surface area contributed by atoms with Gasteiger partial charge >= 0.3 is 6.09 Å². The Morgan fingerprint density at radius 1 is 1.04 bits per heavy atom. The van der Waals surface area contributed by atoms with Gasteiger partial charge in [-0.15, -0.1) is 0 Å². The summed E-state index contributed by atoms with van der Waals surface area (Å²) in [6.45, 7) is 11.8. The molecule has 0 saturated heterocycles. The molecule has 1 atom stereocenters. The highest BCUT2D eigenvalue weighted by atomic mass is 16.6. The lowest BCUT2D eigenvalue weighted by molar-refractivity contribution is -0.119. The van der Waals surface area contributed by atoms with Crippen LogP contribution in [0.1, 0.15) is 65.9 Å². The zero-order chi connectivity index (χ0) is 20.0. The van der Waals surface area contributed by atoms with E-state index in [2.05, 4.69) is 5.32 Å². The van der Waals surface area contributed by atoms with Crippen molar-refractivity contribution in [3.63, 3.8) is 0 Å². The maximum atomic E-state index is 11.8. The second kappa shape index (κ2) is 8.92. The molecule has 1 aromatic rings. The topological polar surface area (TPSA) is 90.6 Å². The van der Waals surface area contributed by atoms with Gasteiger partial charge in [0.25, 0.3) is 0 Å². The van der Waals surface area contributed by atoms with Crippen LogP contribution in [-0.2, 0) is 9.53 Å². The second-order valence-corrected chi connectivity index (χ2v) is 8.31. The molecule has 3 N–H and O–H groups in total. The minimum absolute atomic E-state index is 0.280. The number of alkyl carbamates (subject to hydrolysis) is 1. The molecule has 0 aliphatic carbocycles. The zero-order valence-electron chi connectivity index (χ0n) is 16.7. The van der Waals surface area contributed by atoms with Crippen LogP contribution >= 0.6 is 0 Å². The van der Waals surface area contributed by atoms with Gasteiger partial charge < -0.3 is 20.5 Å². The first-order valence-corrected chi connectivity index (χ1v) is 8.92. The van der Waals surface area contributed by atoms with Gasteiger partial charge in [0.1, 0.15) is 17.0 Å². The van der Waals surface area contributed by atoms with Crippen molar-refractivity contribution in [3.8, 4) is 5.75 Å². The van der Waals surface area contributed by atoms with Crippen molar-refractivity contribution in [2.24, 2.45) is 5.73 Å². The molecular formula is C20H32N2O4. The van der Waals surface area contributed by atoms with Crippen LogP contribution in [0.15, 0.2) is 24.3 Å². The first-order valence-electron chi connectivity index (χ1n) is 8.92. The average molecular weight is 364 g/mol. The van der Waals surface area contributed by atoms with Crippen LogP contribution in [0.5, 0.6) is 5.75 Å². The summed E-state index contributed by atoms with van der Waals surface area (Å²) >= 11 is 0. The van der Waals surface area contributed by atoms with Gasteiger partial charge in [0, 0.05) is 6.54 Å². The van der Waals surface area contributed by atoms with E-state index in [0.717, 1.165) is 11.3 Å². The molecule has 0 aliphatic rings. The molecule has 0 spiro atoms. The van der Waals surface area contributed by atoms with Crippen LogP contribution in [0, 0.1) is 0 Å². The largest absolute Gasteiger partial charge is 0.488 e. The van der Waals surface area contributed by atoms with Gasteiger partial charge in [-0.2, -0.15) is 0 Å². The van der Waals surface area contributed by atoms with Gasteiger partial charge in [0.15, 0.2) is 0 Å². The first-order chi connectivity index (χ1) is 11.9. The normalized spacial score (nSPS) is 13.0. The number of benzene rings is 1. The molecule has 2 amide bonds. The molecule has 6 nitrogen and oxygen atoms in total. The van der Waals surface area contributed by atoms with Crippen LogP contribution in [-0.4, -0.2) is 29.7 Å². The lowest BCUT2D eigenvalue weighted by atomic mass is 9.93. The van der Waals surface area contributed by atoms with E-state index in [0.29, 0.717) is 19.4 Å². The maximum Gasteiger partial charge on any atom is 0.407 e. The third-order valence-electron chi connectivity index (χ3n) is 3.39. The van der Waals surface area contributed by atoms with E-state index in [1.807, 2.05) is 65.8 Å². The zero-order valence-corrected chi connectivity index (χ0v) is 16.7. The molecule has 0 heterocycles. The Balaban J connectivity index is 2.56. The van der Waals surface area contributed by atoms with E-state index in [9.17, 15) is 9.59 Å². The molecule has 0 aliphatic heterocycles. The molecule has 146 valence electrons. The van der Waals surface area contributed by atoms with Crippen LogP contribution in [0.25, 0.3) is 0 Å². The Hall–Kier alpha value is -2.24. The van der Waals surface area contributed by atoms with Gasteiger partial charge in [0.2, 0.25) is 5.91 Å². The molecule has 0 fully saturated rings. The van der Waals surface area contributed by atoms with Crippen molar-refractivity contribution in [2.45, 2.75) is 71.5 Å². The fourth-order valence-electron chi connectivity index (χ4n) is 2.41. The molecule has 0 bridgehead atoms. The Labute approximate surface area is 156 Å². The number of hydrogen-bond acceptors (Lipinski definition) is 4. The standard InChI is InChI=1S/C20H32N2O4/c1-19(2,3)25-15-11-9-14(10-12-15)16(17(21)23)8-7-13-22-18(24)26-20(4,5)6/h9-12,16H,7-8,13H2,1-6H3,(H2,21,23)(H,22,24)/t16-/m1/s1. The van der Waals surface area contributed by atoms with E-state index >= 15 is 0 Å². The third kappa shape index (κ3) is 8.74. The lowest BCUT2D eigenvalue weighted by Crippen LogP contribution is -2.33. The summed E-state index contributed by atoms with van der Waals surface area (Å²) in [4.78, 5) is 23.4. The summed E-state index contributed by atoms with van der Waals surface area (Å²) < 4.78 is 11.0. The number of primary amides is 1. The smallest absolute Gasteiger partial charge is 0.407 e. The molecule has 26 heavy (non-hydrogen) atoms. The number of carbonyl (C=O) groups excluding carboxylic acids is 2.